The first-order chi connectivity index (χ1) is 8.40. The van der Waals surface area contributed by atoms with Crippen molar-refractivity contribution in [3.8, 4) is 0 Å². The molecule has 7 heteroatoms. The summed E-state index contributed by atoms with van der Waals surface area (Å²) in [5.74, 6) is -1.85. The highest BCUT2D eigenvalue weighted by molar-refractivity contribution is 5.83. The fourth-order valence-corrected chi connectivity index (χ4v) is 1.65. The molecular formula is C11H18N2O5. The van der Waals surface area contributed by atoms with E-state index in [1.54, 1.807) is 0 Å². The Morgan fingerprint density at radius 3 is 2.28 bits per heavy atom. The van der Waals surface area contributed by atoms with Gasteiger partial charge in [0.25, 0.3) is 0 Å². The molecule has 0 radical (unpaired) electrons. The van der Waals surface area contributed by atoms with Gasteiger partial charge in [-0.2, -0.15) is 0 Å². The molecule has 1 unspecified atom stereocenters. The molecule has 2 amide bonds. The minimum Gasteiger partial charge on any atom is -0.481 e. The lowest BCUT2D eigenvalue weighted by molar-refractivity contribution is -0.140. The third-order valence-electron chi connectivity index (χ3n) is 2.94. The van der Waals surface area contributed by atoms with E-state index in [4.69, 9.17) is 10.2 Å². The van der Waals surface area contributed by atoms with Gasteiger partial charge in [-0.3, -0.25) is 4.79 Å². The van der Waals surface area contributed by atoms with E-state index in [0.29, 0.717) is 5.92 Å². The van der Waals surface area contributed by atoms with Crippen molar-refractivity contribution in [2.24, 2.45) is 5.92 Å². The Morgan fingerprint density at radius 2 is 1.83 bits per heavy atom. The summed E-state index contributed by atoms with van der Waals surface area (Å²) in [6, 6.07) is -1.72. The molecule has 1 rings (SSSR count). The molecule has 1 aliphatic carbocycles. The second-order valence-corrected chi connectivity index (χ2v) is 4.57. The summed E-state index contributed by atoms with van der Waals surface area (Å²) in [6.07, 6.45) is 1.72. The van der Waals surface area contributed by atoms with Gasteiger partial charge >= 0.3 is 18.0 Å². The number of carbonyl (C=O) groups is 3. The first-order valence-corrected chi connectivity index (χ1v) is 5.91. The predicted molar refractivity (Wildman–Crippen MR) is 62.1 cm³/mol. The van der Waals surface area contributed by atoms with Crippen molar-refractivity contribution in [2.75, 3.05) is 0 Å². The number of urea groups is 1. The van der Waals surface area contributed by atoms with Crippen molar-refractivity contribution in [3.63, 3.8) is 0 Å². The van der Waals surface area contributed by atoms with Crippen molar-refractivity contribution in [3.05, 3.63) is 0 Å². The van der Waals surface area contributed by atoms with Crippen LogP contribution in [0.3, 0.4) is 0 Å². The zero-order valence-corrected chi connectivity index (χ0v) is 10.2. The smallest absolute Gasteiger partial charge is 0.326 e. The maximum Gasteiger partial charge on any atom is 0.326 e. The van der Waals surface area contributed by atoms with Crippen molar-refractivity contribution >= 4 is 18.0 Å². The minimum absolute atomic E-state index is 0.0129. The van der Waals surface area contributed by atoms with E-state index < -0.39 is 24.0 Å². The summed E-state index contributed by atoms with van der Waals surface area (Å²) in [6.45, 7) is 1.87. The van der Waals surface area contributed by atoms with Crippen LogP contribution < -0.4 is 10.6 Å². The summed E-state index contributed by atoms with van der Waals surface area (Å²) in [5, 5.41) is 22.3. The lowest BCUT2D eigenvalue weighted by atomic mass is 10.1. The van der Waals surface area contributed by atoms with E-state index in [2.05, 4.69) is 10.6 Å². The van der Waals surface area contributed by atoms with Gasteiger partial charge in [0.15, 0.2) is 0 Å². The molecule has 0 aliphatic heterocycles. The standard InChI is InChI=1S/C11H18N2O5/c1-6(7-2-3-7)12-11(18)13-8(10(16)17)4-5-9(14)15/h6-8H,2-5H2,1H3,(H,14,15)(H,16,17)(H2,12,13,18)/t6?,8-/m0/s1. The van der Waals surface area contributed by atoms with Gasteiger partial charge in [-0.25, -0.2) is 9.59 Å². The Hall–Kier alpha value is -1.79. The Kier molecular flexibility index (Phi) is 4.94. The van der Waals surface area contributed by atoms with Crippen molar-refractivity contribution in [2.45, 2.75) is 44.7 Å². The second-order valence-electron chi connectivity index (χ2n) is 4.57. The van der Waals surface area contributed by atoms with E-state index in [9.17, 15) is 14.4 Å². The normalized spacial score (nSPS) is 17.6. The Balaban J connectivity index is 2.36. The largest absolute Gasteiger partial charge is 0.481 e. The molecule has 0 saturated heterocycles. The van der Waals surface area contributed by atoms with Crippen LogP contribution in [-0.2, 0) is 9.59 Å². The van der Waals surface area contributed by atoms with Crippen LogP contribution in [-0.4, -0.2) is 40.3 Å². The minimum atomic E-state index is -1.23. The van der Waals surface area contributed by atoms with Crippen molar-refractivity contribution < 1.29 is 24.6 Å². The zero-order chi connectivity index (χ0) is 13.7. The summed E-state index contributed by atoms with van der Waals surface area (Å²) < 4.78 is 0. The Labute approximate surface area is 105 Å². The average Bonchev–Trinajstić information content (AvgIpc) is 3.06. The predicted octanol–water partition coefficient (Wildman–Crippen LogP) is 0.402. The van der Waals surface area contributed by atoms with Crippen molar-refractivity contribution in [1.82, 2.24) is 10.6 Å². The molecule has 102 valence electrons. The molecule has 0 aromatic carbocycles. The number of hydrogen-bond acceptors (Lipinski definition) is 3. The lowest BCUT2D eigenvalue weighted by Crippen LogP contribution is -2.49. The lowest BCUT2D eigenvalue weighted by Gasteiger charge is -2.17. The van der Waals surface area contributed by atoms with Crippen LogP contribution in [0.15, 0.2) is 0 Å². The Bertz CT molecular complexity index is 340. The molecule has 1 aliphatic rings. The molecule has 0 bridgehead atoms. The molecule has 7 nitrogen and oxygen atoms in total. The third kappa shape index (κ3) is 5.03. The maximum absolute atomic E-state index is 11.5. The number of carboxylic acid groups (broad SMARTS) is 2. The quantitative estimate of drug-likeness (QED) is 0.527. The van der Waals surface area contributed by atoms with Crippen molar-refractivity contribution in [1.29, 1.82) is 0 Å². The van der Waals surface area contributed by atoms with E-state index in [1.165, 1.54) is 0 Å². The fraction of sp³-hybridized carbons (Fsp3) is 0.727. The number of nitrogens with one attached hydrogen (secondary N) is 2. The number of carbonyl (C=O) groups excluding carboxylic acids is 1. The summed E-state index contributed by atoms with van der Waals surface area (Å²) >= 11 is 0. The molecule has 0 spiro atoms. The first kappa shape index (κ1) is 14.3. The van der Waals surface area contributed by atoms with E-state index in [-0.39, 0.29) is 18.9 Å². The molecule has 0 heterocycles. The number of aliphatic carboxylic acids is 2. The first-order valence-electron chi connectivity index (χ1n) is 5.91. The van der Waals surface area contributed by atoms with E-state index in [0.717, 1.165) is 12.8 Å². The average molecular weight is 258 g/mol. The summed E-state index contributed by atoms with van der Waals surface area (Å²) in [5.41, 5.74) is 0. The molecule has 1 fully saturated rings. The summed E-state index contributed by atoms with van der Waals surface area (Å²) in [7, 11) is 0. The number of amides is 2. The molecule has 0 aromatic heterocycles. The van der Waals surface area contributed by atoms with Gasteiger partial charge in [0.05, 0.1) is 0 Å². The van der Waals surface area contributed by atoms with Crippen LogP contribution in [0.5, 0.6) is 0 Å². The molecule has 1 saturated carbocycles. The van der Waals surface area contributed by atoms with Gasteiger partial charge in [0.1, 0.15) is 6.04 Å². The number of carboxylic acids is 2. The van der Waals surface area contributed by atoms with E-state index in [1.807, 2.05) is 6.92 Å². The molecular weight excluding hydrogens is 240 g/mol. The van der Waals surface area contributed by atoms with Gasteiger partial charge < -0.3 is 20.8 Å². The Morgan fingerprint density at radius 1 is 1.22 bits per heavy atom. The molecule has 2 atom stereocenters. The number of rotatable bonds is 7. The fourth-order valence-electron chi connectivity index (χ4n) is 1.65. The van der Waals surface area contributed by atoms with E-state index >= 15 is 0 Å². The molecule has 4 N–H and O–H groups in total. The van der Waals surface area contributed by atoms with Crippen LogP contribution in [0.25, 0.3) is 0 Å². The van der Waals surface area contributed by atoms with Crippen LogP contribution in [0, 0.1) is 5.92 Å². The molecule has 18 heavy (non-hydrogen) atoms. The third-order valence-corrected chi connectivity index (χ3v) is 2.94. The summed E-state index contributed by atoms with van der Waals surface area (Å²) in [4.78, 5) is 32.7. The highest BCUT2D eigenvalue weighted by Crippen LogP contribution is 2.32. The van der Waals surface area contributed by atoms with Gasteiger partial charge in [0.2, 0.25) is 0 Å². The van der Waals surface area contributed by atoms with Crippen LogP contribution in [0.2, 0.25) is 0 Å². The van der Waals surface area contributed by atoms with Crippen LogP contribution in [0.1, 0.15) is 32.6 Å². The van der Waals surface area contributed by atoms with Gasteiger partial charge in [-0.1, -0.05) is 0 Å². The molecule has 0 aromatic rings. The monoisotopic (exact) mass is 258 g/mol. The zero-order valence-electron chi connectivity index (χ0n) is 10.2. The topological polar surface area (TPSA) is 116 Å². The SMILES string of the molecule is CC(NC(=O)N[C@@H](CCC(=O)O)C(=O)O)C1CC1. The van der Waals surface area contributed by atoms with Gasteiger partial charge in [0, 0.05) is 12.5 Å². The highest BCUT2D eigenvalue weighted by atomic mass is 16.4. The van der Waals surface area contributed by atoms with Gasteiger partial charge in [-0.15, -0.1) is 0 Å². The maximum atomic E-state index is 11.5. The van der Waals surface area contributed by atoms with Gasteiger partial charge in [-0.05, 0) is 32.1 Å². The number of hydrogen-bond donors (Lipinski definition) is 4. The highest BCUT2D eigenvalue weighted by Gasteiger charge is 2.29. The van der Waals surface area contributed by atoms with Crippen LogP contribution in [0.4, 0.5) is 4.79 Å². The van der Waals surface area contributed by atoms with Crippen LogP contribution >= 0.6 is 0 Å². The second kappa shape index (κ2) is 6.23.